The summed E-state index contributed by atoms with van der Waals surface area (Å²) < 4.78 is 25.3. The summed E-state index contributed by atoms with van der Waals surface area (Å²) in [5.41, 5.74) is 0. The molecule has 0 spiro atoms. The van der Waals surface area contributed by atoms with Crippen LogP contribution in [0.25, 0.3) is 0 Å². The smallest absolute Gasteiger partial charge is 0.214 e. The fourth-order valence-corrected chi connectivity index (χ4v) is 3.39. The number of piperidine rings is 1. The van der Waals surface area contributed by atoms with Gasteiger partial charge in [0.15, 0.2) is 0 Å². The number of rotatable bonds is 5. The number of hydrogen-bond acceptors (Lipinski definition) is 3. The number of likely N-dealkylation sites (N-methyl/N-ethyl adjacent to an activating group) is 1. The normalized spacial score (nSPS) is 24.3. The van der Waals surface area contributed by atoms with Gasteiger partial charge in [0.2, 0.25) is 10.0 Å². The van der Waals surface area contributed by atoms with Gasteiger partial charge in [-0.2, -0.15) is 4.31 Å². The molecule has 0 aromatic carbocycles. The van der Waals surface area contributed by atoms with Gasteiger partial charge in [-0.05, 0) is 26.3 Å². The van der Waals surface area contributed by atoms with Gasteiger partial charge in [-0.1, -0.05) is 13.3 Å². The van der Waals surface area contributed by atoms with Crippen molar-refractivity contribution in [2.45, 2.75) is 39.2 Å². The third-order valence-corrected chi connectivity index (χ3v) is 4.85. The van der Waals surface area contributed by atoms with Crippen molar-refractivity contribution in [2.75, 3.05) is 25.4 Å². The fraction of sp³-hybridized carbons (Fsp3) is 1.00. The second kappa shape index (κ2) is 5.82. The molecule has 0 amide bonds. The summed E-state index contributed by atoms with van der Waals surface area (Å²) in [6.07, 6.45) is 3.14. The lowest BCUT2D eigenvalue weighted by Crippen LogP contribution is -2.48. The molecule has 1 heterocycles. The summed E-state index contributed by atoms with van der Waals surface area (Å²) in [6, 6.07) is 0.170. The molecule has 1 unspecified atom stereocenters. The maximum absolute atomic E-state index is 11.8. The molecule has 1 fully saturated rings. The average Bonchev–Trinajstić information content (AvgIpc) is 2.26. The van der Waals surface area contributed by atoms with E-state index in [-0.39, 0.29) is 11.8 Å². The minimum absolute atomic E-state index is 0.170. The Morgan fingerprint density at radius 2 is 2.07 bits per heavy atom. The van der Waals surface area contributed by atoms with Crippen molar-refractivity contribution in [1.29, 1.82) is 0 Å². The molecule has 0 aliphatic carbocycles. The topological polar surface area (TPSA) is 49.4 Å². The van der Waals surface area contributed by atoms with Crippen LogP contribution in [0.5, 0.6) is 0 Å². The van der Waals surface area contributed by atoms with E-state index >= 15 is 0 Å². The van der Waals surface area contributed by atoms with Crippen molar-refractivity contribution < 1.29 is 8.42 Å². The lowest BCUT2D eigenvalue weighted by Gasteiger charge is -2.34. The maximum atomic E-state index is 11.8. The number of hydrogen-bond donors (Lipinski definition) is 1. The highest BCUT2D eigenvalue weighted by Crippen LogP contribution is 2.20. The van der Waals surface area contributed by atoms with E-state index in [1.165, 1.54) is 0 Å². The molecule has 15 heavy (non-hydrogen) atoms. The molecule has 1 atom stereocenters. The van der Waals surface area contributed by atoms with E-state index < -0.39 is 10.0 Å². The molecule has 90 valence electrons. The van der Waals surface area contributed by atoms with Crippen LogP contribution in [-0.4, -0.2) is 44.2 Å². The van der Waals surface area contributed by atoms with Gasteiger partial charge in [0.05, 0.1) is 5.75 Å². The van der Waals surface area contributed by atoms with Crippen LogP contribution < -0.4 is 5.32 Å². The Morgan fingerprint density at radius 1 is 1.33 bits per heavy atom. The summed E-state index contributed by atoms with van der Waals surface area (Å²) in [5.74, 6) is 0.218. The summed E-state index contributed by atoms with van der Waals surface area (Å²) in [4.78, 5) is 0. The van der Waals surface area contributed by atoms with Gasteiger partial charge in [0, 0.05) is 19.1 Å². The molecule has 0 aromatic rings. The van der Waals surface area contributed by atoms with Crippen LogP contribution in [0.15, 0.2) is 0 Å². The highest BCUT2D eigenvalue weighted by atomic mass is 32.2. The summed E-state index contributed by atoms with van der Waals surface area (Å²) in [7, 11) is -3.01. The molecule has 1 saturated heterocycles. The van der Waals surface area contributed by atoms with Gasteiger partial charge < -0.3 is 5.32 Å². The lowest BCUT2D eigenvalue weighted by molar-refractivity contribution is 0.247. The van der Waals surface area contributed by atoms with Gasteiger partial charge in [-0.25, -0.2) is 8.42 Å². The van der Waals surface area contributed by atoms with Crippen LogP contribution in [0.4, 0.5) is 0 Å². The van der Waals surface area contributed by atoms with Gasteiger partial charge in [0.1, 0.15) is 0 Å². The predicted octanol–water partition coefficient (Wildman–Crippen LogP) is 0.800. The number of nitrogens with one attached hydrogen (secondary N) is 1. The number of nitrogens with zero attached hydrogens (tertiary/aromatic N) is 1. The van der Waals surface area contributed by atoms with Crippen LogP contribution in [0, 0.1) is 0 Å². The molecule has 1 aliphatic heterocycles. The Labute approximate surface area is 93.1 Å². The van der Waals surface area contributed by atoms with Crippen molar-refractivity contribution >= 4 is 10.0 Å². The van der Waals surface area contributed by atoms with E-state index in [0.29, 0.717) is 6.54 Å². The minimum Gasteiger partial charge on any atom is -0.315 e. The zero-order valence-corrected chi connectivity index (χ0v) is 10.5. The molecule has 1 N–H and O–H groups in total. The van der Waals surface area contributed by atoms with Crippen LogP contribution in [0.3, 0.4) is 0 Å². The first-order valence-electron chi connectivity index (χ1n) is 5.82. The van der Waals surface area contributed by atoms with Crippen molar-refractivity contribution in [1.82, 2.24) is 9.62 Å². The van der Waals surface area contributed by atoms with E-state index in [1.54, 1.807) is 11.2 Å². The van der Waals surface area contributed by atoms with E-state index in [9.17, 15) is 8.42 Å². The third-order valence-electron chi connectivity index (χ3n) is 2.93. The molecule has 4 nitrogen and oxygen atoms in total. The number of sulfonamides is 1. The molecule has 1 rings (SSSR count). The summed E-state index contributed by atoms with van der Waals surface area (Å²) >= 11 is 0. The van der Waals surface area contributed by atoms with Crippen molar-refractivity contribution in [2.24, 2.45) is 0 Å². The van der Waals surface area contributed by atoms with Crippen LogP contribution in [0.1, 0.15) is 33.1 Å². The summed E-state index contributed by atoms with van der Waals surface area (Å²) in [5, 5.41) is 3.24. The largest absolute Gasteiger partial charge is 0.315 e. The zero-order valence-electron chi connectivity index (χ0n) is 9.70. The van der Waals surface area contributed by atoms with E-state index in [0.717, 1.165) is 32.4 Å². The predicted molar refractivity (Wildman–Crippen MR) is 62.3 cm³/mol. The van der Waals surface area contributed by atoms with Crippen molar-refractivity contribution in [3.63, 3.8) is 0 Å². The third kappa shape index (κ3) is 3.43. The minimum atomic E-state index is -3.01. The first-order valence-corrected chi connectivity index (χ1v) is 7.43. The van der Waals surface area contributed by atoms with Crippen molar-refractivity contribution in [3.8, 4) is 0 Å². The average molecular weight is 234 g/mol. The molecular formula is C10H22N2O2S. The molecule has 5 heteroatoms. The molecule has 0 radical (unpaired) electrons. The monoisotopic (exact) mass is 234 g/mol. The fourth-order valence-electron chi connectivity index (χ4n) is 2.02. The Morgan fingerprint density at radius 3 is 2.67 bits per heavy atom. The Bertz CT molecular complexity index is 277. The van der Waals surface area contributed by atoms with Crippen LogP contribution in [0.2, 0.25) is 0 Å². The van der Waals surface area contributed by atoms with Crippen LogP contribution >= 0.6 is 0 Å². The van der Waals surface area contributed by atoms with Gasteiger partial charge in [0.25, 0.3) is 0 Å². The molecule has 1 aliphatic rings. The van der Waals surface area contributed by atoms with Crippen LogP contribution in [-0.2, 0) is 10.0 Å². The SMILES string of the molecule is CCNCC1CCCCN1S(=O)(=O)CC. The quantitative estimate of drug-likeness (QED) is 0.765. The standard InChI is InChI=1S/C10H22N2O2S/c1-3-11-9-10-7-5-6-8-12(10)15(13,14)4-2/h10-11H,3-9H2,1-2H3. The first-order chi connectivity index (χ1) is 7.11. The zero-order chi connectivity index (χ0) is 11.3. The van der Waals surface area contributed by atoms with E-state index in [2.05, 4.69) is 5.32 Å². The highest BCUT2D eigenvalue weighted by Gasteiger charge is 2.30. The molecule has 0 saturated carbocycles. The Kier molecular flexibility index (Phi) is 5.02. The van der Waals surface area contributed by atoms with Gasteiger partial charge in [-0.15, -0.1) is 0 Å². The van der Waals surface area contributed by atoms with E-state index in [1.807, 2.05) is 6.92 Å². The van der Waals surface area contributed by atoms with Gasteiger partial charge in [-0.3, -0.25) is 0 Å². The molecular weight excluding hydrogens is 212 g/mol. The van der Waals surface area contributed by atoms with Crippen molar-refractivity contribution in [3.05, 3.63) is 0 Å². The Hall–Kier alpha value is -0.130. The van der Waals surface area contributed by atoms with Gasteiger partial charge >= 0.3 is 0 Å². The van der Waals surface area contributed by atoms with E-state index in [4.69, 9.17) is 0 Å². The Balaban J connectivity index is 2.65. The maximum Gasteiger partial charge on any atom is 0.214 e. The second-order valence-corrected chi connectivity index (χ2v) is 6.18. The lowest BCUT2D eigenvalue weighted by atomic mass is 10.1. The summed E-state index contributed by atoms with van der Waals surface area (Å²) in [6.45, 7) is 6.15. The highest BCUT2D eigenvalue weighted by molar-refractivity contribution is 7.89. The molecule has 0 bridgehead atoms. The first kappa shape index (κ1) is 12.9. The molecule has 0 aromatic heterocycles. The second-order valence-electron chi connectivity index (χ2n) is 3.97.